The van der Waals surface area contributed by atoms with E-state index in [9.17, 15) is 18.0 Å². The lowest BCUT2D eigenvalue weighted by molar-refractivity contribution is -0.137. The Kier molecular flexibility index (Phi) is 5.14. The summed E-state index contributed by atoms with van der Waals surface area (Å²) in [4.78, 5) is 19.9. The molecule has 3 aliphatic heterocycles. The third-order valence-corrected chi connectivity index (χ3v) is 7.15. The molecule has 3 aromatic rings. The number of carbonyl (C=O) groups excluding carboxylic acids is 1. The summed E-state index contributed by atoms with van der Waals surface area (Å²) in [5.41, 5.74) is -0.203. The van der Waals surface area contributed by atoms with E-state index in [1.807, 2.05) is 0 Å². The molecule has 1 atom stereocenters. The van der Waals surface area contributed by atoms with Crippen molar-refractivity contribution in [2.24, 2.45) is 0 Å². The highest BCUT2D eigenvalue weighted by molar-refractivity contribution is 6.13. The molecule has 0 radical (unpaired) electrons. The van der Waals surface area contributed by atoms with Crippen LogP contribution in [0.25, 0.3) is 11.1 Å². The quantitative estimate of drug-likeness (QED) is 0.424. The second kappa shape index (κ2) is 8.15. The average molecular weight is 496 g/mol. The molecule has 1 spiro atoms. The smallest absolute Gasteiger partial charge is 0.417 e. The van der Waals surface area contributed by atoms with Gasteiger partial charge < -0.3 is 19.1 Å². The van der Waals surface area contributed by atoms with Crippen molar-refractivity contribution in [3.05, 3.63) is 65.5 Å². The first-order valence-corrected chi connectivity index (χ1v) is 11.9. The van der Waals surface area contributed by atoms with Gasteiger partial charge >= 0.3 is 6.18 Å². The molecular formula is C27H23F3N2O4. The molecule has 0 saturated heterocycles. The highest BCUT2D eigenvalue weighted by atomic mass is 19.4. The summed E-state index contributed by atoms with van der Waals surface area (Å²) in [7, 11) is 0. The summed E-state index contributed by atoms with van der Waals surface area (Å²) in [6, 6.07) is 9.50. The van der Waals surface area contributed by atoms with Gasteiger partial charge in [-0.1, -0.05) is 31.9 Å². The molecule has 0 aliphatic carbocycles. The number of nitrogens with zero attached hydrogens (tertiary/aromatic N) is 2. The number of alkyl halides is 3. The number of hydrogen-bond donors (Lipinski definition) is 0. The van der Waals surface area contributed by atoms with Gasteiger partial charge in [0.1, 0.15) is 17.8 Å². The van der Waals surface area contributed by atoms with Crippen LogP contribution in [0.1, 0.15) is 42.9 Å². The van der Waals surface area contributed by atoms with E-state index in [0.29, 0.717) is 46.2 Å². The number of aromatic nitrogens is 1. The van der Waals surface area contributed by atoms with Crippen molar-refractivity contribution in [2.45, 2.75) is 37.8 Å². The van der Waals surface area contributed by atoms with Crippen molar-refractivity contribution in [1.82, 2.24) is 4.98 Å². The van der Waals surface area contributed by atoms with Crippen molar-refractivity contribution < 1.29 is 32.2 Å². The molecule has 1 unspecified atom stereocenters. The number of anilines is 1. The first kappa shape index (κ1) is 22.7. The lowest BCUT2D eigenvalue weighted by atomic mass is 9.74. The fourth-order valence-electron chi connectivity index (χ4n) is 5.51. The summed E-state index contributed by atoms with van der Waals surface area (Å²) in [6.45, 7) is 2.56. The minimum Gasteiger partial charge on any atom is -0.491 e. The van der Waals surface area contributed by atoms with Crippen LogP contribution in [0.2, 0.25) is 0 Å². The number of pyridine rings is 1. The van der Waals surface area contributed by atoms with E-state index >= 15 is 0 Å². The molecule has 6 rings (SSSR count). The van der Waals surface area contributed by atoms with Gasteiger partial charge in [-0.15, -0.1) is 0 Å². The van der Waals surface area contributed by atoms with Gasteiger partial charge in [0.05, 0.1) is 5.56 Å². The molecule has 2 aromatic carbocycles. The van der Waals surface area contributed by atoms with E-state index in [1.165, 1.54) is 6.20 Å². The van der Waals surface area contributed by atoms with Crippen molar-refractivity contribution >= 4 is 11.6 Å². The molecule has 186 valence electrons. The van der Waals surface area contributed by atoms with Gasteiger partial charge in [0.15, 0.2) is 11.5 Å². The Hall–Kier alpha value is -3.75. The number of rotatable bonds is 5. The predicted octanol–water partition coefficient (Wildman–Crippen LogP) is 5.71. The van der Waals surface area contributed by atoms with Crippen LogP contribution in [-0.4, -0.2) is 30.8 Å². The van der Waals surface area contributed by atoms with Crippen LogP contribution in [-0.2, 0) is 16.4 Å². The Bertz CT molecular complexity index is 1370. The topological polar surface area (TPSA) is 60.9 Å². The molecule has 6 nitrogen and oxygen atoms in total. The van der Waals surface area contributed by atoms with Gasteiger partial charge in [0, 0.05) is 47.4 Å². The molecular weight excluding hydrogens is 473 g/mol. The first-order chi connectivity index (χ1) is 17.4. The zero-order valence-corrected chi connectivity index (χ0v) is 19.5. The molecule has 4 heterocycles. The zero-order chi connectivity index (χ0) is 25.1. The Labute approximate surface area is 205 Å². The fourth-order valence-corrected chi connectivity index (χ4v) is 5.51. The van der Waals surface area contributed by atoms with Gasteiger partial charge in [0.2, 0.25) is 12.7 Å². The largest absolute Gasteiger partial charge is 0.491 e. The normalized spacial score (nSPS) is 19.6. The van der Waals surface area contributed by atoms with Crippen molar-refractivity contribution in [2.75, 3.05) is 24.8 Å². The summed E-state index contributed by atoms with van der Waals surface area (Å²) < 4.78 is 59.2. The van der Waals surface area contributed by atoms with E-state index < -0.39 is 17.2 Å². The van der Waals surface area contributed by atoms with E-state index in [1.54, 1.807) is 35.2 Å². The second-order valence-electron chi connectivity index (χ2n) is 9.18. The SMILES string of the molecule is CCCCCN1C(=O)C2(COc3cc4c(cc32)OCO4)c2c(-c3cnccc3C(F)(F)F)cccc21. The summed E-state index contributed by atoms with van der Waals surface area (Å²) in [5, 5.41) is 0. The number of fused-ring (bicyclic) bond motifs is 5. The van der Waals surface area contributed by atoms with Crippen LogP contribution in [0, 0.1) is 0 Å². The Morgan fingerprint density at radius 3 is 2.61 bits per heavy atom. The maximum absolute atomic E-state index is 14.2. The van der Waals surface area contributed by atoms with Crippen LogP contribution < -0.4 is 19.1 Å². The Morgan fingerprint density at radius 2 is 1.83 bits per heavy atom. The monoisotopic (exact) mass is 496 g/mol. The van der Waals surface area contributed by atoms with Crippen molar-refractivity contribution in [1.29, 1.82) is 0 Å². The van der Waals surface area contributed by atoms with Crippen molar-refractivity contribution in [3.8, 4) is 28.4 Å². The summed E-state index contributed by atoms with van der Waals surface area (Å²) >= 11 is 0. The van der Waals surface area contributed by atoms with Gasteiger partial charge in [-0.3, -0.25) is 9.78 Å². The standard InChI is InChI=1S/C27H23F3N2O4/c1-2-3-4-10-32-20-7-5-6-16(17-13-31-9-8-18(17)27(28,29)30)24(20)26(25(32)33)14-34-21-12-23-22(11-19(21)26)35-15-36-23/h5-9,11-13H,2-4,10,14-15H2,1H3. The number of carbonyl (C=O) groups is 1. The minimum absolute atomic E-state index is 0.0278. The van der Waals surface area contributed by atoms with Gasteiger partial charge in [-0.2, -0.15) is 13.2 Å². The molecule has 36 heavy (non-hydrogen) atoms. The highest BCUT2D eigenvalue weighted by Gasteiger charge is 2.58. The minimum atomic E-state index is -4.59. The number of benzene rings is 2. The van der Waals surface area contributed by atoms with Crippen LogP contribution in [0.4, 0.5) is 18.9 Å². The molecule has 3 aliphatic rings. The second-order valence-corrected chi connectivity index (χ2v) is 9.18. The number of ether oxygens (including phenoxy) is 3. The lowest BCUT2D eigenvalue weighted by Crippen LogP contribution is -2.43. The maximum atomic E-state index is 14.2. The molecule has 1 aromatic heterocycles. The van der Waals surface area contributed by atoms with E-state index in [2.05, 4.69) is 11.9 Å². The lowest BCUT2D eigenvalue weighted by Gasteiger charge is -2.25. The van der Waals surface area contributed by atoms with Crippen LogP contribution in [0.5, 0.6) is 17.2 Å². The number of amides is 1. The summed E-state index contributed by atoms with van der Waals surface area (Å²) in [5.74, 6) is 1.24. The van der Waals surface area contributed by atoms with Crippen LogP contribution in [0.15, 0.2) is 48.8 Å². The van der Waals surface area contributed by atoms with E-state index in [0.717, 1.165) is 31.5 Å². The fraction of sp³-hybridized carbons (Fsp3) is 0.333. The zero-order valence-electron chi connectivity index (χ0n) is 19.5. The predicted molar refractivity (Wildman–Crippen MR) is 125 cm³/mol. The van der Waals surface area contributed by atoms with E-state index in [4.69, 9.17) is 14.2 Å². The Morgan fingerprint density at radius 1 is 1.03 bits per heavy atom. The highest BCUT2D eigenvalue weighted by Crippen LogP contribution is 2.58. The molecule has 0 N–H and O–H groups in total. The van der Waals surface area contributed by atoms with Crippen LogP contribution in [0.3, 0.4) is 0 Å². The number of halogens is 3. The molecule has 0 saturated carbocycles. The molecule has 0 bridgehead atoms. The number of hydrogen-bond acceptors (Lipinski definition) is 5. The molecule has 1 amide bonds. The van der Waals surface area contributed by atoms with Gasteiger partial charge in [-0.25, -0.2) is 0 Å². The van der Waals surface area contributed by atoms with Gasteiger partial charge in [-0.05, 0) is 30.2 Å². The maximum Gasteiger partial charge on any atom is 0.417 e. The van der Waals surface area contributed by atoms with Gasteiger partial charge in [0.25, 0.3) is 0 Å². The van der Waals surface area contributed by atoms with Crippen molar-refractivity contribution in [3.63, 3.8) is 0 Å². The average Bonchev–Trinajstić information content (AvgIpc) is 3.54. The Balaban J connectivity index is 1.61. The van der Waals surface area contributed by atoms with E-state index in [-0.39, 0.29) is 24.9 Å². The molecule has 0 fully saturated rings. The first-order valence-electron chi connectivity index (χ1n) is 11.9. The van der Waals surface area contributed by atoms with Crippen LogP contribution >= 0.6 is 0 Å². The third-order valence-electron chi connectivity index (χ3n) is 7.15. The summed E-state index contributed by atoms with van der Waals surface area (Å²) in [6.07, 6.45) is 0.429. The third kappa shape index (κ3) is 3.18. The number of unbranched alkanes of at least 4 members (excludes halogenated alkanes) is 2. The molecule has 9 heteroatoms.